The number of hydrogen-bond donors (Lipinski definition) is 2. The number of rotatable bonds is 8. The summed E-state index contributed by atoms with van der Waals surface area (Å²) in [5.41, 5.74) is 3.75. The molecule has 1 unspecified atom stereocenters. The molecule has 0 radical (unpaired) electrons. The number of methoxy groups -OCH3 is 1. The van der Waals surface area contributed by atoms with E-state index in [4.69, 9.17) is 9.73 Å². The first-order valence-corrected chi connectivity index (χ1v) is 9.28. The summed E-state index contributed by atoms with van der Waals surface area (Å²) in [7, 11) is 1.72. The summed E-state index contributed by atoms with van der Waals surface area (Å²) in [6.07, 6.45) is 0. The maximum Gasteiger partial charge on any atom is 0.191 e. The average molecular weight is 473 g/mol. The van der Waals surface area contributed by atoms with Crippen LogP contribution in [0.1, 0.15) is 36.5 Å². The predicted octanol–water partition coefficient (Wildman–Crippen LogP) is 4.37. The highest BCUT2D eigenvalue weighted by molar-refractivity contribution is 14.0. The highest BCUT2D eigenvalue weighted by atomic mass is 127. The Bertz CT molecular complexity index is 631. The molecule has 6 heteroatoms. The van der Waals surface area contributed by atoms with Crippen LogP contribution in [0.2, 0.25) is 0 Å². The molecule has 0 fully saturated rings. The maximum atomic E-state index is 5.26. The molecule has 2 aromatic rings. The van der Waals surface area contributed by atoms with Gasteiger partial charge in [0.15, 0.2) is 5.96 Å². The van der Waals surface area contributed by atoms with Gasteiger partial charge in [0.2, 0.25) is 0 Å². The first-order valence-electron chi connectivity index (χ1n) is 8.34. The summed E-state index contributed by atoms with van der Waals surface area (Å²) >= 11 is 1.74. The smallest absolute Gasteiger partial charge is 0.191 e. The molecule has 1 aromatic heterocycles. The Hall–Kier alpha value is -1.12. The summed E-state index contributed by atoms with van der Waals surface area (Å²) < 4.78 is 5.26. The zero-order chi connectivity index (χ0) is 17.2. The van der Waals surface area contributed by atoms with E-state index in [9.17, 15) is 0 Å². The number of ether oxygens (including phenoxy) is 1. The van der Waals surface area contributed by atoms with Crippen molar-refractivity contribution in [3.05, 3.63) is 57.8 Å². The van der Waals surface area contributed by atoms with Crippen molar-refractivity contribution in [1.29, 1.82) is 0 Å². The Morgan fingerprint density at radius 2 is 1.96 bits per heavy atom. The van der Waals surface area contributed by atoms with E-state index < -0.39 is 0 Å². The van der Waals surface area contributed by atoms with E-state index in [-0.39, 0.29) is 24.0 Å². The lowest BCUT2D eigenvalue weighted by molar-refractivity contribution is 0.184. The summed E-state index contributed by atoms with van der Waals surface area (Å²) in [5, 5.41) is 11.1. The van der Waals surface area contributed by atoms with Gasteiger partial charge in [-0.25, -0.2) is 4.99 Å². The molecular formula is C19H28IN3OS. The maximum absolute atomic E-state index is 5.26. The summed E-state index contributed by atoms with van der Waals surface area (Å²) in [4.78, 5) is 4.72. The molecule has 0 aliphatic rings. The zero-order valence-corrected chi connectivity index (χ0v) is 18.3. The fourth-order valence-electron chi connectivity index (χ4n) is 2.44. The van der Waals surface area contributed by atoms with Gasteiger partial charge < -0.3 is 15.4 Å². The van der Waals surface area contributed by atoms with Gasteiger partial charge in [0.05, 0.1) is 13.2 Å². The third-order valence-electron chi connectivity index (χ3n) is 3.86. The largest absolute Gasteiger partial charge is 0.380 e. The Labute approximate surface area is 172 Å². The number of halogens is 1. The molecule has 138 valence electrons. The van der Waals surface area contributed by atoms with Crippen LogP contribution in [0.15, 0.2) is 46.1 Å². The Balaban J connectivity index is 0.00000312. The topological polar surface area (TPSA) is 45.7 Å². The molecule has 1 heterocycles. The van der Waals surface area contributed by atoms with Crippen molar-refractivity contribution in [2.24, 2.45) is 4.99 Å². The molecule has 0 bridgehead atoms. The van der Waals surface area contributed by atoms with Gasteiger partial charge in [-0.15, -0.1) is 24.0 Å². The molecule has 25 heavy (non-hydrogen) atoms. The fourth-order valence-corrected chi connectivity index (χ4v) is 3.22. The summed E-state index contributed by atoms with van der Waals surface area (Å²) in [5.74, 6) is 1.31. The highest BCUT2D eigenvalue weighted by Gasteiger charge is 2.07. The molecule has 0 saturated carbocycles. The van der Waals surface area contributed by atoms with Crippen molar-refractivity contribution in [1.82, 2.24) is 10.6 Å². The molecule has 1 atom stereocenters. The van der Waals surface area contributed by atoms with E-state index >= 15 is 0 Å². The normalized spacial score (nSPS) is 12.4. The minimum Gasteiger partial charge on any atom is -0.380 e. The standard InChI is InChI=1S/C19H27N3OS.HI/c1-4-20-19(21-11-15(2)18-9-10-24-14-18)22-12-16-7-5-6-8-17(16)13-23-3;/h5-10,14-15H,4,11-13H2,1-3H3,(H2,20,21,22);1H. The SMILES string of the molecule is CCNC(=NCc1ccccc1COC)NCC(C)c1ccsc1.I. The van der Waals surface area contributed by atoms with Crippen LogP contribution in [-0.4, -0.2) is 26.2 Å². The second kappa shape index (κ2) is 12.3. The van der Waals surface area contributed by atoms with Gasteiger partial charge in [-0.1, -0.05) is 31.2 Å². The van der Waals surface area contributed by atoms with Gasteiger partial charge >= 0.3 is 0 Å². The van der Waals surface area contributed by atoms with Gasteiger partial charge in [0, 0.05) is 20.2 Å². The van der Waals surface area contributed by atoms with Crippen molar-refractivity contribution in [3.63, 3.8) is 0 Å². The third kappa shape index (κ3) is 7.33. The van der Waals surface area contributed by atoms with Crippen LogP contribution in [0, 0.1) is 0 Å². The van der Waals surface area contributed by atoms with Crippen molar-refractivity contribution in [2.75, 3.05) is 20.2 Å². The molecule has 0 spiro atoms. The van der Waals surface area contributed by atoms with Gasteiger partial charge in [-0.05, 0) is 46.4 Å². The monoisotopic (exact) mass is 473 g/mol. The van der Waals surface area contributed by atoms with Crippen LogP contribution in [-0.2, 0) is 17.9 Å². The van der Waals surface area contributed by atoms with Crippen molar-refractivity contribution >= 4 is 41.3 Å². The molecule has 2 N–H and O–H groups in total. The second-order valence-corrected chi connectivity index (χ2v) is 6.52. The second-order valence-electron chi connectivity index (χ2n) is 5.74. The summed E-state index contributed by atoms with van der Waals surface area (Å²) in [6.45, 7) is 7.28. The highest BCUT2D eigenvalue weighted by Crippen LogP contribution is 2.17. The Kier molecular flexibility index (Phi) is 10.8. The fraction of sp³-hybridized carbons (Fsp3) is 0.421. The van der Waals surface area contributed by atoms with Gasteiger partial charge in [-0.2, -0.15) is 11.3 Å². The lowest BCUT2D eigenvalue weighted by Gasteiger charge is -2.15. The third-order valence-corrected chi connectivity index (χ3v) is 4.56. The van der Waals surface area contributed by atoms with E-state index in [1.54, 1.807) is 18.4 Å². The molecule has 2 rings (SSSR count). The number of aliphatic imine (C=N–C) groups is 1. The van der Waals surface area contributed by atoms with Crippen LogP contribution in [0.25, 0.3) is 0 Å². The number of thiophene rings is 1. The first kappa shape index (κ1) is 21.9. The summed E-state index contributed by atoms with van der Waals surface area (Å²) in [6, 6.07) is 10.5. The van der Waals surface area contributed by atoms with Crippen LogP contribution >= 0.6 is 35.3 Å². The molecule has 0 amide bonds. The van der Waals surface area contributed by atoms with E-state index in [2.05, 4.69) is 53.4 Å². The zero-order valence-electron chi connectivity index (χ0n) is 15.1. The molecule has 4 nitrogen and oxygen atoms in total. The molecular weight excluding hydrogens is 445 g/mol. The van der Waals surface area contributed by atoms with Crippen LogP contribution in [0.4, 0.5) is 0 Å². The Morgan fingerprint density at radius 3 is 2.60 bits per heavy atom. The first-order chi connectivity index (χ1) is 11.7. The van der Waals surface area contributed by atoms with Crippen molar-refractivity contribution in [2.45, 2.75) is 32.9 Å². The van der Waals surface area contributed by atoms with Crippen molar-refractivity contribution in [3.8, 4) is 0 Å². The molecule has 1 aromatic carbocycles. The molecule has 0 saturated heterocycles. The average Bonchev–Trinajstić information content (AvgIpc) is 3.13. The number of nitrogens with zero attached hydrogens (tertiary/aromatic N) is 1. The van der Waals surface area contributed by atoms with E-state index in [1.165, 1.54) is 16.7 Å². The Morgan fingerprint density at radius 1 is 1.20 bits per heavy atom. The van der Waals surface area contributed by atoms with E-state index in [0.717, 1.165) is 19.0 Å². The van der Waals surface area contributed by atoms with Gasteiger partial charge in [0.1, 0.15) is 0 Å². The molecule has 0 aliphatic carbocycles. The number of nitrogens with one attached hydrogen (secondary N) is 2. The van der Waals surface area contributed by atoms with Crippen molar-refractivity contribution < 1.29 is 4.74 Å². The molecule has 0 aliphatic heterocycles. The van der Waals surface area contributed by atoms with Gasteiger partial charge in [0.25, 0.3) is 0 Å². The quantitative estimate of drug-likeness (QED) is 0.340. The van der Waals surface area contributed by atoms with Gasteiger partial charge in [-0.3, -0.25) is 0 Å². The number of guanidine groups is 1. The lowest BCUT2D eigenvalue weighted by Crippen LogP contribution is -2.39. The van der Waals surface area contributed by atoms with Crippen LogP contribution < -0.4 is 10.6 Å². The minimum absolute atomic E-state index is 0. The van der Waals surface area contributed by atoms with Crippen LogP contribution in [0.5, 0.6) is 0 Å². The minimum atomic E-state index is 0. The predicted molar refractivity (Wildman–Crippen MR) is 118 cm³/mol. The number of benzene rings is 1. The van der Waals surface area contributed by atoms with E-state index in [0.29, 0.717) is 19.1 Å². The lowest BCUT2D eigenvalue weighted by atomic mass is 10.1. The van der Waals surface area contributed by atoms with E-state index in [1.807, 2.05) is 12.1 Å². The number of hydrogen-bond acceptors (Lipinski definition) is 3. The van der Waals surface area contributed by atoms with Crippen LogP contribution in [0.3, 0.4) is 0 Å².